The molecule has 1 aliphatic rings. The van der Waals surface area contributed by atoms with Crippen molar-refractivity contribution >= 4 is 50.9 Å². The molecule has 170 valence electrons. The molecule has 3 aromatic rings. The first kappa shape index (κ1) is 23.7. The monoisotopic (exact) mass is 535 g/mol. The average Bonchev–Trinajstić information content (AvgIpc) is 3.12. The van der Waals surface area contributed by atoms with Crippen molar-refractivity contribution in [3.05, 3.63) is 105 Å². The van der Waals surface area contributed by atoms with Crippen molar-refractivity contribution in [3.63, 3.8) is 0 Å². The molecule has 1 fully saturated rings. The second kappa shape index (κ2) is 10.2. The SMILES string of the molecule is Cc1cccc(CC2S/C(=C(/C#N)C(=O)Nc3ccc(Br)cc3)N(c3ccc(F)cc3)C2=O)c1. The number of nitrogens with one attached hydrogen (secondary N) is 1. The maximum Gasteiger partial charge on any atom is 0.269 e. The van der Waals surface area contributed by atoms with Gasteiger partial charge in [0.05, 0.1) is 5.25 Å². The van der Waals surface area contributed by atoms with Gasteiger partial charge in [0.2, 0.25) is 5.91 Å². The predicted octanol–water partition coefficient (Wildman–Crippen LogP) is 5.96. The molecule has 0 saturated carbocycles. The molecule has 0 bridgehead atoms. The fourth-order valence-corrected chi connectivity index (χ4v) is 5.16. The number of rotatable bonds is 5. The van der Waals surface area contributed by atoms with Crippen molar-refractivity contribution in [3.8, 4) is 6.07 Å². The molecule has 0 aliphatic carbocycles. The number of thioether (sulfide) groups is 1. The highest BCUT2D eigenvalue weighted by molar-refractivity contribution is 9.10. The minimum atomic E-state index is -0.622. The summed E-state index contributed by atoms with van der Waals surface area (Å²) in [6.45, 7) is 1.98. The summed E-state index contributed by atoms with van der Waals surface area (Å²) < 4.78 is 14.4. The van der Waals surface area contributed by atoms with E-state index in [0.29, 0.717) is 17.8 Å². The number of anilines is 2. The molecular weight excluding hydrogens is 517 g/mol. The third kappa shape index (κ3) is 5.22. The number of amides is 2. The van der Waals surface area contributed by atoms with Crippen LogP contribution in [0, 0.1) is 24.1 Å². The van der Waals surface area contributed by atoms with Gasteiger partial charge in [0.15, 0.2) is 0 Å². The molecule has 4 rings (SSSR count). The van der Waals surface area contributed by atoms with Crippen molar-refractivity contribution in [1.82, 2.24) is 0 Å². The van der Waals surface area contributed by atoms with Crippen LogP contribution in [0.1, 0.15) is 11.1 Å². The van der Waals surface area contributed by atoms with Gasteiger partial charge in [0.1, 0.15) is 22.5 Å². The Hall–Kier alpha value is -3.41. The van der Waals surface area contributed by atoms with Gasteiger partial charge >= 0.3 is 0 Å². The zero-order valence-corrected chi connectivity index (χ0v) is 20.5. The van der Waals surface area contributed by atoms with E-state index in [1.54, 1.807) is 24.3 Å². The molecule has 1 heterocycles. The van der Waals surface area contributed by atoms with Crippen LogP contribution in [0.25, 0.3) is 0 Å². The van der Waals surface area contributed by atoms with Gasteiger partial charge < -0.3 is 5.32 Å². The number of carbonyl (C=O) groups excluding carboxylic acids is 2. The number of nitrogens with zero attached hydrogens (tertiary/aromatic N) is 2. The molecule has 0 radical (unpaired) electrons. The maximum absolute atomic E-state index is 13.6. The lowest BCUT2D eigenvalue weighted by Crippen LogP contribution is -2.31. The van der Waals surface area contributed by atoms with Gasteiger partial charge in [-0.15, -0.1) is 0 Å². The van der Waals surface area contributed by atoms with E-state index < -0.39 is 17.0 Å². The van der Waals surface area contributed by atoms with Gasteiger partial charge in [-0.05, 0) is 67.4 Å². The first-order chi connectivity index (χ1) is 16.4. The zero-order chi connectivity index (χ0) is 24.2. The molecule has 3 aromatic carbocycles. The van der Waals surface area contributed by atoms with E-state index >= 15 is 0 Å². The fourth-order valence-electron chi connectivity index (χ4n) is 3.59. The average molecular weight is 536 g/mol. The number of hydrogen-bond donors (Lipinski definition) is 1. The van der Waals surface area contributed by atoms with Crippen molar-refractivity contribution < 1.29 is 14.0 Å². The van der Waals surface area contributed by atoms with Crippen LogP contribution < -0.4 is 10.2 Å². The zero-order valence-electron chi connectivity index (χ0n) is 18.1. The molecule has 0 aromatic heterocycles. The summed E-state index contributed by atoms with van der Waals surface area (Å²) in [6.07, 6.45) is 0.430. The van der Waals surface area contributed by atoms with E-state index in [2.05, 4.69) is 21.2 Å². The molecule has 34 heavy (non-hydrogen) atoms. The Morgan fingerprint density at radius 1 is 1.15 bits per heavy atom. The lowest BCUT2D eigenvalue weighted by Gasteiger charge is -2.18. The molecule has 1 aliphatic heterocycles. The molecule has 2 amide bonds. The van der Waals surface area contributed by atoms with Gasteiger partial charge in [-0.1, -0.05) is 57.5 Å². The van der Waals surface area contributed by atoms with E-state index in [0.717, 1.165) is 15.6 Å². The number of carbonyl (C=O) groups is 2. The number of nitriles is 1. The van der Waals surface area contributed by atoms with E-state index in [-0.39, 0.29) is 16.5 Å². The Labute approximate surface area is 209 Å². The third-order valence-corrected chi connectivity index (χ3v) is 6.99. The van der Waals surface area contributed by atoms with Gasteiger partial charge in [0.25, 0.3) is 5.91 Å². The van der Waals surface area contributed by atoms with Crippen molar-refractivity contribution in [2.24, 2.45) is 0 Å². The van der Waals surface area contributed by atoms with Crippen LogP contribution in [0.4, 0.5) is 15.8 Å². The largest absolute Gasteiger partial charge is 0.321 e. The highest BCUT2D eigenvalue weighted by Gasteiger charge is 2.40. The van der Waals surface area contributed by atoms with E-state index in [9.17, 15) is 19.2 Å². The molecule has 1 saturated heterocycles. The van der Waals surface area contributed by atoms with Gasteiger partial charge in [-0.25, -0.2) is 4.39 Å². The summed E-state index contributed by atoms with van der Waals surface area (Å²) in [5, 5.41) is 12.3. The number of halogens is 2. The standard InChI is InChI=1S/C26H19BrFN3O2S/c1-16-3-2-4-17(13-16)14-23-25(33)31(21-11-7-19(28)8-12-21)26(34-23)22(15-29)24(32)30-20-9-5-18(27)6-10-20/h2-13,23H,14H2,1H3,(H,30,32)/b26-22-. The molecule has 1 N–H and O–H groups in total. The van der Waals surface area contributed by atoms with Gasteiger partial charge in [0, 0.05) is 15.8 Å². The van der Waals surface area contributed by atoms with Crippen molar-refractivity contribution in [2.45, 2.75) is 18.6 Å². The van der Waals surface area contributed by atoms with Gasteiger partial charge in [-0.2, -0.15) is 5.26 Å². The van der Waals surface area contributed by atoms with Crippen molar-refractivity contribution in [2.75, 3.05) is 10.2 Å². The number of hydrogen-bond acceptors (Lipinski definition) is 4. The Morgan fingerprint density at radius 3 is 2.50 bits per heavy atom. The molecule has 1 atom stereocenters. The van der Waals surface area contributed by atoms with Crippen LogP contribution in [-0.4, -0.2) is 17.1 Å². The van der Waals surface area contributed by atoms with E-state index in [1.165, 1.54) is 40.9 Å². The Bertz CT molecular complexity index is 1320. The topological polar surface area (TPSA) is 73.2 Å². The second-order valence-corrected chi connectivity index (χ2v) is 9.81. The van der Waals surface area contributed by atoms with Crippen LogP contribution >= 0.6 is 27.7 Å². The lowest BCUT2D eigenvalue weighted by molar-refractivity contribution is -0.117. The highest BCUT2D eigenvalue weighted by atomic mass is 79.9. The Morgan fingerprint density at radius 2 is 1.85 bits per heavy atom. The van der Waals surface area contributed by atoms with Crippen molar-refractivity contribution in [1.29, 1.82) is 5.26 Å². The number of aryl methyl sites for hydroxylation is 1. The summed E-state index contributed by atoms with van der Waals surface area (Å²) in [4.78, 5) is 27.8. The smallest absolute Gasteiger partial charge is 0.269 e. The maximum atomic E-state index is 13.6. The predicted molar refractivity (Wildman–Crippen MR) is 136 cm³/mol. The summed E-state index contributed by atoms with van der Waals surface area (Å²) in [5.41, 5.74) is 2.78. The first-order valence-corrected chi connectivity index (χ1v) is 12.1. The van der Waals surface area contributed by atoms with Crippen LogP contribution in [0.15, 0.2) is 87.9 Å². The van der Waals surface area contributed by atoms with E-state index in [1.807, 2.05) is 37.3 Å². The van der Waals surface area contributed by atoms with E-state index in [4.69, 9.17) is 0 Å². The lowest BCUT2D eigenvalue weighted by atomic mass is 10.1. The minimum Gasteiger partial charge on any atom is -0.321 e. The van der Waals surface area contributed by atoms with Gasteiger partial charge in [-0.3, -0.25) is 14.5 Å². The molecule has 8 heteroatoms. The fraction of sp³-hybridized carbons (Fsp3) is 0.115. The second-order valence-electron chi connectivity index (χ2n) is 7.70. The van der Waals surface area contributed by atoms with Crippen LogP contribution in [0.3, 0.4) is 0 Å². The number of benzene rings is 3. The summed E-state index contributed by atoms with van der Waals surface area (Å²) >= 11 is 4.52. The quantitative estimate of drug-likeness (QED) is 0.323. The normalized spacial score (nSPS) is 16.8. The molecular formula is C26H19BrFN3O2S. The Balaban J connectivity index is 1.72. The molecule has 0 spiro atoms. The summed E-state index contributed by atoms with van der Waals surface area (Å²) in [6, 6.07) is 22.2. The molecule has 1 unspecified atom stereocenters. The van der Waals surface area contributed by atoms with Crippen LogP contribution in [-0.2, 0) is 16.0 Å². The van der Waals surface area contributed by atoms with Crippen LogP contribution in [0.2, 0.25) is 0 Å². The highest BCUT2D eigenvalue weighted by Crippen LogP contribution is 2.42. The third-order valence-electron chi connectivity index (χ3n) is 5.20. The summed E-state index contributed by atoms with van der Waals surface area (Å²) in [5.74, 6) is -1.33. The molecule has 5 nitrogen and oxygen atoms in total. The summed E-state index contributed by atoms with van der Waals surface area (Å²) in [7, 11) is 0. The Kier molecular flexibility index (Phi) is 7.15. The minimum absolute atomic E-state index is 0.183. The van der Waals surface area contributed by atoms with Crippen LogP contribution in [0.5, 0.6) is 0 Å². The first-order valence-electron chi connectivity index (χ1n) is 10.4.